The fourth-order valence-corrected chi connectivity index (χ4v) is 1.36. The van der Waals surface area contributed by atoms with Crippen molar-refractivity contribution >= 4 is 0 Å². The van der Waals surface area contributed by atoms with Crippen molar-refractivity contribution in [2.75, 3.05) is 0 Å². The summed E-state index contributed by atoms with van der Waals surface area (Å²) in [5, 5.41) is 4.71. The molecular weight excluding hydrogens is 164 g/mol. The van der Waals surface area contributed by atoms with Gasteiger partial charge >= 0.3 is 0 Å². The molecule has 6 nitrogen and oxygen atoms in total. The lowest BCUT2D eigenvalue weighted by Gasteiger charge is -2.23. The van der Waals surface area contributed by atoms with Crippen LogP contribution in [0.3, 0.4) is 0 Å². The van der Waals surface area contributed by atoms with Gasteiger partial charge in [0, 0.05) is 0 Å². The molecule has 1 saturated carbocycles. The lowest BCUT2D eigenvalue weighted by atomic mass is 9.95. The molecule has 0 heterocycles. The predicted octanol–water partition coefficient (Wildman–Crippen LogP) is 1.69. The second kappa shape index (κ2) is 4.63. The molecule has 0 amide bonds. The largest absolute Gasteiger partial charge is 0.361 e. The van der Waals surface area contributed by atoms with Crippen molar-refractivity contribution in [2.45, 2.75) is 37.9 Å². The molecule has 1 aliphatic rings. The first-order valence-corrected chi connectivity index (χ1v) is 3.83. The molecule has 0 unspecified atom stereocenters. The van der Waals surface area contributed by atoms with E-state index in [1.807, 2.05) is 0 Å². The van der Waals surface area contributed by atoms with Crippen molar-refractivity contribution in [1.29, 1.82) is 0 Å². The summed E-state index contributed by atoms with van der Waals surface area (Å²) in [5.74, 6) is 0. The molecule has 6 heteroatoms. The van der Waals surface area contributed by atoms with E-state index in [1.165, 1.54) is 0 Å². The third-order valence-electron chi connectivity index (χ3n) is 2.01. The van der Waals surface area contributed by atoms with Gasteiger partial charge in [0.05, 0.1) is 0 Å². The summed E-state index contributed by atoms with van der Waals surface area (Å²) in [6.45, 7) is 0. The number of hydrogen-bond donors (Lipinski definition) is 0. The van der Waals surface area contributed by atoms with Crippen LogP contribution in [-0.2, 0) is 9.68 Å². The Balaban J connectivity index is 2.19. The van der Waals surface area contributed by atoms with E-state index in [2.05, 4.69) is 20.4 Å². The Kier molecular flexibility index (Phi) is 3.43. The number of nitrogens with zero attached hydrogens (tertiary/aromatic N) is 2. The zero-order valence-electron chi connectivity index (χ0n) is 6.51. The molecule has 0 spiro atoms. The Morgan fingerprint density at radius 1 is 0.833 bits per heavy atom. The van der Waals surface area contributed by atoms with Crippen LogP contribution in [0.5, 0.6) is 0 Å². The summed E-state index contributed by atoms with van der Waals surface area (Å²) >= 11 is 0. The zero-order valence-corrected chi connectivity index (χ0v) is 6.51. The van der Waals surface area contributed by atoms with Crippen LogP contribution in [0.1, 0.15) is 25.7 Å². The molecule has 0 atom stereocenters. The summed E-state index contributed by atoms with van der Waals surface area (Å²) in [6, 6.07) is 0. The van der Waals surface area contributed by atoms with Crippen LogP contribution >= 0.6 is 0 Å². The summed E-state index contributed by atoms with van der Waals surface area (Å²) in [5.41, 5.74) is 0. The van der Waals surface area contributed by atoms with Gasteiger partial charge in [0.15, 0.2) is 10.7 Å². The molecule has 0 aromatic rings. The van der Waals surface area contributed by atoms with E-state index >= 15 is 0 Å². The van der Waals surface area contributed by atoms with Crippen molar-refractivity contribution < 1.29 is 9.68 Å². The van der Waals surface area contributed by atoms with Crippen LogP contribution in [0.15, 0.2) is 10.7 Å². The van der Waals surface area contributed by atoms with E-state index in [0.29, 0.717) is 25.7 Å². The summed E-state index contributed by atoms with van der Waals surface area (Å²) < 4.78 is 0. The first-order valence-electron chi connectivity index (χ1n) is 3.83. The third-order valence-corrected chi connectivity index (χ3v) is 2.01. The molecule has 0 N–H and O–H groups in total. The zero-order chi connectivity index (χ0) is 8.81. The maximum Gasteiger partial charge on any atom is 0.155 e. The minimum absolute atomic E-state index is 0.117. The fourth-order valence-electron chi connectivity index (χ4n) is 1.36. The van der Waals surface area contributed by atoms with E-state index in [0.717, 1.165) is 0 Å². The van der Waals surface area contributed by atoms with Crippen molar-refractivity contribution in [3.05, 3.63) is 9.81 Å². The minimum atomic E-state index is -0.117. The first-order chi connectivity index (χ1) is 5.86. The monoisotopic (exact) mass is 174 g/mol. The second-order valence-electron chi connectivity index (χ2n) is 2.76. The highest BCUT2D eigenvalue weighted by Gasteiger charge is 2.24. The van der Waals surface area contributed by atoms with Crippen molar-refractivity contribution in [1.82, 2.24) is 0 Å². The third kappa shape index (κ3) is 2.44. The Hall–Kier alpha value is -1.20. The molecular formula is C6H10N2O4. The Morgan fingerprint density at radius 2 is 1.17 bits per heavy atom. The summed E-state index contributed by atoms with van der Waals surface area (Å²) in [7, 11) is 0. The SMILES string of the molecule is O=NOC1CCC(ON=O)CC1. The van der Waals surface area contributed by atoms with E-state index < -0.39 is 0 Å². The van der Waals surface area contributed by atoms with Crippen molar-refractivity contribution in [2.24, 2.45) is 10.7 Å². The van der Waals surface area contributed by atoms with Crippen LogP contribution in [0, 0.1) is 9.81 Å². The Bertz CT molecular complexity index is 138. The van der Waals surface area contributed by atoms with Gasteiger partial charge in [-0.05, 0) is 25.7 Å². The highest BCUT2D eigenvalue weighted by Crippen LogP contribution is 2.23. The van der Waals surface area contributed by atoms with Gasteiger partial charge in [0.1, 0.15) is 12.2 Å². The molecule has 1 aliphatic carbocycles. The van der Waals surface area contributed by atoms with E-state index in [9.17, 15) is 9.81 Å². The van der Waals surface area contributed by atoms with E-state index in [4.69, 9.17) is 0 Å². The molecule has 1 rings (SSSR count). The molecule has 12 heavy (non-hydrogen) atoms. The number of rotatable bonds is 4. The normalized spacial score (nSPS) is 29.0. The van der Waals surface area contributed by atoms with Crippen molar-refractivity contribution in [3.8, 4) is 0 Å². The standard InChI is InChI=1S/C6H10N2O4/c9-7-11-5-1-2-6(4-3-5)12-8-10/h5-6H,1-4H2. The van der Waals surface area contributed by atoms with Gasteiger partial charge in [-0.3, -0.25) is 0 Å². The molecule has 0 aromatic carbocycles. The smallest absolute Gasteiger partial charge is 0.155 e. The lowest BCUT2D eigenvalue weighted by Crippen LogP contribution is -2.24. The Labute approximate surface area is 69.1 Å². The van der Waals surface area contributed by atoms with Crippen LogP contribution in [0.25, 0.3) is 0 Å². The second-order valence-corrected chi connectivity index (χ2v) is 2.76. The summed E-state index contributed by atoms with van der Waals surface area (Å²) in [6.07, 6.45) is 2.51. The highest BCUT2D eigenvalue weighted by atomic mass is 16.7. The average Bonchev–Trinajstić information content (AvgIpc) is 2.09. The highest BCUT2D eigenvalue weighted by molar-refractivity contribution is 4.72. The quantitative estimate of drug-likeness (QED) is 0.480. The molecule has 0 saturated heterocycles. The maximum absolute atomic E-state index is 9.71. The lowest BCUT2D eigenvalue weighted by molar-refractivity contribution is -0.0312. The van der Waals surface area contributed by atoms with Gasteiger partial charge in [-0.1, -0.05) is 0 Å². The van der Waals surface area contributed by atoms with Gasteiger partial charge < -0.3 is 9.68 Å². The van der Waals surface area contributed by atoms with Gasteiger partial charge in [0.25, 0.3) is 0 Å². The van der Waals surface area contributed by atoms with E-state index in [-0.39, 0.29) is 12.2 Å². The molecule has 68 valence electrons. The van der Waals surface area contributed by atoms with Crippen molar-refractivity contribution in [3.63, 3.8) is 0 Å². The molecule has 0 aromatic heterocycles. The predicted molar refractivity (Wildman–Crippen MR) is 39.8 cm³/mol. The van der Waals surface area contributed by atoms with Gasteiger partial charge in [-0.15, -0.1) is 9.81 Å². The topological polar surface area (TPSA) is 77.3 Å². The fraction of sp³-hybridized carbons (Fsp3) is 1.00. The van der Waals surface area contributed by atoms with Crippen LogP contribution in [-0.4, -0.2) is 12.2 Å². The molecule has 0 aliphatic heterocycles. The maximum atomic E-state index is 9.71. The molecule has 1 fully saturated rings. The number of hydrogen-bond acceptors (Lipinski definition) is 6. The van der Waals surface area contributed by atoms with Gasteiger partial charge in [-0.25, -0.2) is 0 Å². The van der Waals surface area contributed by atoms with Crippen LogP contribution < -0.4 is 0 Å². The summed E-state index contributed by atoms with van der Waals surface area (Å²) in [4.78, 5) is 28.4. The van der Waals surface area contributed by atoms with Crippen LogP contribution in [0.4, 0.5) is 0 Å². The van der Waals surface area contributed by atoms with Gasteiger partial charge in [-0.2, -0.15) is 0 Å². The van der Waals surface area contributed by atoms with Crippen LogP contribution in [0.2, 0.25) is 0 Å². The minimum Gasteiger partial charge on any atom is -0.361 e. The Morgan fingerprint density at radius 3 is 1.42 bits per heavy atom. The molecule has 0 radical (unpaired) electrons. The van der Waals surface area contributed by atoms with Gasteiger partial charge in [0.2, 0.25) is 0 Å². The first kappa shape index (κ1) is 8.89. The van der Waals surface area contributed by atoms with E-state index in [1.54, 1.807) is 0 Å². The average molecular weight is 174 g/mol. The molecule has 0 bridgehead atoms.